The van der Waals surface area contributed by atoms with Gasteiger partial charge in [0.2, 0.25) is 0 Å². The van der Waals surface area contributed by atoms with Crippen LogP contribution in [0.25, 0.3) is 5.69 Å². The van der Waals surface area contributed by atoms with Gasteiger partial charge in [0.05, 0.1) is 0 Å². The molecule has 0 aliphatic carbocycles. The highest BCUT2D eigenvalue weighted by atomic mass is 19.1. The van der Waals surface area contributed by atoms with Gasteiger partial charge in [0.15, 0.2) is 0 Å². The Morgan fingerprint density at radius 3 is 2.77 bits per heavy atom. The van der Waals surface area contributed by atoms with Crippen LogP contribution < -0.4 is 5.32 Å². The summed E-state index contributed by atoms with van der Waals surface area (Å²) in [6.07, 6.45) is 3.66. The normalized spacial score (nSPS) is 12.4. The molecule has 1 amide bonds. The number of aromatic nitrogens is 2. The minimum atomic E-state index is -0.514. The number of aliphatic hydroxyl groups is 1. The first kappa shape index (κ1) is 16.2. The molecule has 0 fully saturated rings. The smallest absolute Gasteiger partial charge is 0.251 e. The highest BCUT2D eigenvalue weighted by Gasteiger charge is 2.18. The van der Waals surface area contributed by atoms with Crippen molar-refractivity contribution in [3.05, 3.63) is 48.0 Å². The first-order valence-corrected chi connectivity index (χ1v) is 7.24. The molecule has 0 radical (unpaired) electrons. The number of benzene rings is 1. The maximum atomic E-state index is 14.1. The van der Waals surface area contributed by atoms with Gasteiger partial charge < -0.3 is 10.4 Å². The van der Waals surface area contributed by atoms with Gasteiger partial charge in [-0.1, -0.05) is 13.8 Å². The minimum Gasteiger partial charge on any atom is -0.396 e. The second-order valence-electron chi connectivity index (χ2n) is 5.45. The number of carbonyl (C=O) groups is 1. The van der Waals surface area contributed by atoms with Gasteiger partial charge in [-0.15, -0.1) is 0 Å². The predicted octanol–water partition coefficient (Wildman–Crippen LogP) is 2.15. The molecule has 2 N–H and O–H groups in total. The summed E-state index contributed by atoms with van der Waals surface area (Å²) < 4.78 is 15.5. The van der Waals surface area contributed by atoms with E-state index in [1.54, 1.807) is 24.5 Å². The van der Waals surface area contributed by atoms with E-state index in [1.165, 1.54) is 16.8 Å². The van der Waals surface area contributed by atoms with Crippen LogP contribution in [0.3, 0.4) is 0 Å². The third-order valence-electron chi connectivity index (χ3n) is 3.52. The van der Waals surface area contributed by atoms with Crippen LogP contribution in [0.4, 0.5) is 4.39 Å². The molecule has 1 unspecified atom stereocenters. The van der Waals surface area contributed by atoms with Crippen LogP contribution in [-0.2, 0) is 0 Å². The van der Waals surface area contributed by atoms with Crippen molar-refractivity contribution in [3.8, 4) is 5.69 Å². The Bertz CT molecular complexity index is 626. The summed E-state index contributed by atoms with van der Waals surface area (Å²) in [5.41, 5.74) is 0.536. The topological polar surface area (TPSA) is 67.2 Å². The van der Waals surface area contributed by atoms with Crippen LogP contribution in [0, 0.1) is 11.7 Å². The van der Waals surface area contributed by atoms with E-state index in [0.717, 1.165) is 0 Å². The van der Waals surface area contributed by atoms with E-state index in [0.29, 0.717) is 6.42 Å². The molecule has 2 aromatic rings. The summed E-state index contributed by atoms with van der Waals surface area (Å²) in [7, 11) is 0. The van der Waals surface area contributed by atoms with Gasteiger partial charge in [0.1, 0.15) is 11.5 Å². The van der Waals surface area contributed by atoms with Crippen LogP contribution in [0.5, 0.6) is 0 Å². The number of hydrogen-bond donors (Lipinski definition) is 2. The fraction of sp³-hybridized carbons (Fsp3) is 0.375. The number of amides is 1. The van der Waals surface area contributed by atoms with Gasteiger partial charge in [-0.25, -0.2) is 9.07 Å². The number of halogens is 1. The molecule has 1 heterocycles. The molecule has 1 atom stereocenters. The van der Waals surface area contributed by atoms with E-state index in [1.807, 2.05) is 13.8 Å². The first-order valence-electron chi connectivity index (χ1n) is 7.24. The summed E-state index contributed by atoms with van der Waals surface area (Å²) in [5, 5.41) is 15.8. The van der Waals surface area contributed by atoms with Crippen LogP contribution in [-0.4, -0.2) is 33.4 Å². The Morgan fingerprint density at radius 1 is 1.45 bits per heavy atom. The lowest BCUT2D eigenvalue weighted by Gasteiger charge is -2.21. The van der Waals surface area contributed by atoms with Crippen LogP contribution >= 0.6 is 0 Å². The van der Waals surface area contributed by atoms with Crippen molar-refractivity contribution in [2.24, 2.45) is 5.92 Å². The fourth-order valence-corrected chi connectivity index (χ4v) is 2.21. The van der Waals surface area contributed by atoms with Crippen LogP contribution in [0.2, 0.25) is 0 Å². The Kier molecular flexibility index (Phi) is 5.27. The summed E-state index contributed by atoms with van der Waals surface area (Å²) in [4.78, 5) is 12.2. The third-order valence-corrected chi connectivity index (χ3v) is 3.52. The fourth-order valence-electron chi connectivity index (χ4n) is 2.21. The Hall–Kier alpha value is -2.21. The van der Waals surface area contributed by atoms with Crippen LogP contribution in [0.15, 0.2) is 36.7 Å². The molecular formula is C16H20FN3O2. The molecule has 1 aromatic carbocycles. The Labute approximate surface area is 128 Å². The average Bonchev–Trinajstić information content (AvgIpc) is 3.00. The SMILES string of the molecule is CC(C)C(CCO)NC(=O)c1ccc(-n2cccn2)c(F)c1. The zero-order chi connectivity index (χ0) is 16.1. The molecule has 22 heavy (non-hydrogen) atoms. The van der Waals surface area contributed by atoms with E-state index in [9.17, 15) is 9.18 Å². The Morgan fingerprint density at radius 2 is 2.23 bits per heavy atom. The molecule has 0 spiro atoms. The maximum absolute atomic E-state index is 14.1. The van der Waals surface area contributed by atoms with E-state index >= 15 is 0 Å². The number of aliphatic hydroxyl groups excluding tert-OH is 1. The summed E-state index contributed by atoms with van der Waals surface area (Å²) in [6.45, 7) is 3.92. The summed E-state index contributed by atoms with van der Waals surface area (Å²) in [5.74, 6) is -0.679. The highest BCUT2D eigenvalue weighted by Crippen LogP contribution is 2.15. The Balaban J connectivity index is 2.15. The molecule has 0 saturated heterocycles. The molecule has 2 rings (SSSR count). The lowest BCUT2D eigenvalue weighted by atomic mass is 10.0. The molecule has 118 valence electrons. The van der Waals surface area contributed by atoms with Gasteiger partial charge in [-0.2, -0.15) is 5.10 Å². The van der Waals surface area contributed by atoms with Gasteiger partial charge >= 0.3 is 0 Å². The maximum Gasteiger partial charge on any atom is 0.251 e. The zero-order valence-corrected chi connectivity index (χ0v) is 12.7. The van der Waals surface area contributed by atoms with Crippen molar-refractivity contribution >= 4 is 5.91 Å². The lowest BCUT2D eigenvalue weighted by molar-refractivity contribution is 0.0916. The number of nitrogens with zero attached hydrogens (tertiary/aromatic N) is 2. The molecule has 5 nitrogen and oxygen atoms in total. The molecule has 6 heteroatoms. The standard InChI is InChI=1S/C16H20FN3O2/c1-11(2)14(6-9-21)19-16(22)12-4-5-15(13(17)10-12)20-8-3-7-18-20/h3-5,7-8,10-11,14,21H,6,9H2,1-2H3,(H,19,22). The van der Waals surface area contributed by atoms with Crippen molar-refractivity contribution < 1.29 is 14.3 Å². The molecule has 1 aromatic heterocycles. The van der Waals surface area contributed by atoms with Crippen molar-refractivity contribution in [2.45, 2.75) is 26.3 Å². The molecule has 0 aliphatic heterocycles. The number of nitrogens with one attached hydrogen (secondary N) is 1. The van der Waals surface area contributed by atoms with Gasteiger partial charge in [-0.3, -0.25) is 4.79 Å². The molecule has 0 aliphatic rings. The van der Waals surface area contributed by atoms with E-state index in [2.05, 4.69) is 10.4 Å². The molecule has 0 bridgehead atoms. The van der Waals surface area contributed by atoms with Gasteiger partial charge in [0.25, 0.3) is 5.91 Å². The van der Waals surface area contributed by atoms with Crippen molar-refractivity contribution in [1.82, 2.24) is 15.1 Å². The minimum absolute atomic E-state index is 0.00424. The zero-order valence-electron chi connectivity index (χ0n) is 12.7. The molecule has 0 saturated carbocycles. The second-order valence-corrected chi connectivity index (χ2v) is 5.45. The average molecular weight is 305 g/mol. The van der Waals surface area contributed by atoms with E-state index in [4.69, 9.17) is 5.11 Å². The predicted molar refractivity (Wildman–Crippen MR) is 81.3 cm³/mol. The lowest BCUT2D eigenvalue weighted by Crippen LogP contribution is -2.39. The van der Waals surface area contributed by atoms with E-state index < -0.39 is 5.82 Å². The third kappa shape index (κ3) is 3.71. The molecular weight excluding hydrogens is 285 g/mol. The summed E-state index contributed by atoms with van der Waals surface area (Å²) in [6, 6.07) is 5.83. The number of carbonyl (C=O) groups excluding carboxylic acids is 1. The second kappa shape index (κ2) is 7.17. The largest absolute Gasteiger partial charge is 0.396 e. The van der Waals surface area contributed by atoms with Crippen molar-refractivity contribution in [2.75, 3.05) is 6.61 Å². The van der Waals surface area contributed by atoms with Gasteiger partial charge in [0, 0.05) is 30.6 Å². The van der Waals surface area contributed by atoms with Crippen LogP contribution in [0.1, 0.15) is 30.6 Å². The van der Waals surface area contributed by atoms with E-state index in [-0.39, 0.29) is 35.7 Å². The quantitative estimate of drug-likeness (QED) is 0.859. The number of rotatable bonds is 6. The monoisotopic (exact) mass is 305 g/mol. The summed E-state index contributed by atoms with van der Waals surface area (Å²) >= 11 is 0. The highest BCUT2D eigenvalue weighted by molar-refractivity contribution is 5.94. The number of hydrogen-bond acceptors (Lipinski definition) is 3. The van der Waals surface area contributed by atoms with Crippen molar-refractivity contribution in [1.29, 1.82) is 0 Å². The van der Waals surface area contributed by atoms with Gasteiger partial charge in [-0.05, 0) is 36.6 Å². The van der Waals surface area contributed by atoms with Crippen molar-refractivity contribution in [3.63, 3.8) is 0 Å². The first-order chi connectivity index (χ1) is 10.5.